The molecule has 15 amide bonds. The monoisotopic (exact) mass is 1720 g/mol. The highest BCUT2D eigenvalue weighted by atomic mass is 32.1. The molecular weight excluding hydrogens is 1610 g/mol. The maximum atomic E-state index is 15.2. The Morgan fingerprint density at radius 1 is 0.438 bits per heavy atom. The van der Waals surface area contributed by atoms with Crippen LogP contribution in [0.4, 0.5) is 0 Å². The van der Waals surface area contributed by atoms with Crippen LogP contribution >= 0.6 is 25.3 Å². The van der Waals surface area contributed by atoms with Gasteiger partial charge in [0, 0.05) is 91.4 Å². The molecule has 0 aliphatic heterocycles. The minimum Gasteiger partial charge on any atom is -0.508 e. The molecule has 0 unspecified atom stereocenters. The van der Waals surface area contributed by atoms with Gasteiger partial charge in [0.25, 0.3) is 0 Å². The number of carboxylic acids is 1. The number of thiol groups is 2. The number of ether oxygens (including phenoxy) is 1. The fraction of sp³-hybridized carbons (Fsp3) is 0.450. The Bertz CT molecular complexity index is 4550. The van der Waals surface area contributed by atoms with Gasteiger partial charge in [0.05, 0.1) is 19.6 Å². The lowest BCUT2D eigenvalue weighted by atomic mass is 9.99. The number of hydrogen-bond acceptors (Lipinski definition) is 23. The van der Waals surface area contributed by atoms with Crippen LogP contribution in [0.1, 0.15) is 88.5 Å². The molecular formula is C80H110N20O19S2. The van der Waals surface area contributed by atoms with Gasteiger partial charge in [0.2, 0.25) is 88.6 Å². The van der Waals surface area contributed by atoms with Gasteiger partial charge in [-0.25, -0.2) is 0 Å². The molecule has 0 radical (unpaired) electrons. The summed E-state index contributed by atoms with van der Waals surface area (Å²) in [5.41, 5.74) is 26.3. The van der Waals surface area contributed by atoms with Crippen LogP contribution in [0, 0.1) is 5.92 Å². The number of aromatic nitrogens is 2. The van der Waals surface area contributed by atoms with Crippen molar-refractivity contribution < 1.29 is 91.7 Å². The average molecular weight is 1720 g/mol. The van der Waals surface area contributed by atoms with Crippen molar-refractivity contribution in [1.29, 1.82) is 0 Å². The lowest BCUT2D eigenvalue weighted by Crippen LogP contribution is -2.62. The van der Waals surface area contributed by atoms with Crippen molar-refractivity contribution in [2.45, 2.75) is 164 Å². The van der Waals surface area contributed by atoms with E-state index in [0.717, 1.165) is 6.92 Å². The number of fused-ring (bicyclic) bond motifs is 2. The molecule has 0 aliphatic carbocycles. The summed E-state index contributed by atoms with van der Waals surface area (Å²) in [6.07, 6.45) is 2.63. The number of primary amides is 1. The highest BCUT2D eigenvalue weighted by Crippen LogP contribution is 2.23. The number of amides is 15. The number of nitrogens with one attached hydrogen (secondary N) is 16. The van der Waals surface area contributed by atoms with Crippen molar-refractivity contribution in [2.24, 2.45) is 28.9 Å². The number of carboxylic acid groups (broad SMARTS) is 1. The number of benzene rings is 4. The van der Waals surface area contributed by atoms with E-state index in [4.69, 9.17) is 27.7 Å². The topological polar surface area (TPSA) is 627 Å². The van der Waals surface area contributed by atoms with Crippen molar-refractivity contribution in [2.75, 3.05) is 57.4 Å². The standard InChI is InChI=1S/C80H110N20O19S2/c1-43(2)68(100-76(114)60(34-49-38-87-54-20-11-9-18-52(49)54)97-75(113)61(35-67(105)106)93-70(108)44(3)89-78(116)63(41-120)90-45(4)101)80(118)99-64(42-121)79(117)95-58(32-47-23-25-50(102)26-24-47)73(111)96-59(33-48-37-86-53-19-10-8-17-51(48)53)74(112)92-56(22-14-28-82)72(110)98-62(36-83)77(115)94-57(31-46-15-6-5-7-16-46)71(109)88-39-65(103)85-29-30-119-40-66(104)91-55(69(84)107)21-12-13-27-81/h5-11,15-20,23-26,37-38,43-44,55-64,68,86-87,102,120-121H,12-14,21-22,27-36,39-42,81-83H2,1-4H3,(H2,84,107)(H,85,103)(H,88,109)(H,89,116)(H,90,101)(H,91,104)(H,92,112)(H,93,108)(H,94,115)(H,95,117)(H,96,111)(H,97,113)(H,98,110)(H,99,118)(H,100,114)(H,105,106)/t44-,55+,56-,57-,58-,59+,60-,61-,62-,63-,64-,68-/m0/s1. The van der Waals surface area contributed by atoms with E-state index in [0.29, 0.717) is 63.4 Å². The van der Waals surface area contributed by atoms with Crippen LogP contribution in [-0.2, 0) is 107 Å². The van der Waals surface area contributed by atoms with Crippen LogP contribution < -0.4 is 97.4 Å². The predicted molar refractivity (Wildman–Crippen MR) is 452 cm³/mol. The van der Waals surface area contributed by atoms with Crippen molar-refractivity contribution in [3.63, 3.8) is 0 Å². The SMILES string of the molecule is CC(=O)N[C@@H](CS)C(=O)N[C@@H](C)C(=O)N[C@@H](CC(=O)O)C(=O)N[C@@H](Cc1c[nH]c2ccccc12)C(=O)N[C@H](C(=O)N[C@@H](CS)C(=O)N[C@@H](Cc1ccc(O)cc1)C(=O)N[C@H](Cc1c[nH]c2ccccc12)C(=O)N[C@@H](CCCN)C(=O)N[C@@H](CN)C(=O)N[C@@H](Cc1ccccc1)C(=O)NCC(=O)NCCOCC(=O)N[C@H](CCCCN)C(N)=O)C(C)C. The maximum absolute atomic E-state index is 15.2. The van der Waals surface area contributed by atoms with E-state index in [1.165, 1.54) is 31.2 Å². The zero-order valence-electron chi connectivity index (χ0n) is 67.4. The van der Waals surface area contributed by atoms with Gasteiger partial charge < -0.3 is 122 Å². The first-order valence-corrected chi connectivity index (χ1v) is 40.5. The van der Waals surface area contributed by atoms with E-state index in [2.05, 4.69) is 110 Å². The first kappa shape index (κ1) is 97.6. The largest absolute Gasteiger partial charge is 0.508 e. The molecule has 4 aromatic carbocycles. The molecule has 0 fully saturated rings. The van der Waals surface area contributed by atoms with Crippen molar-refractivity contribution in [3.05, 3.63) is 138 Å². The number of hydrogen-bond donors (Lipinski definition) is 24. The van der Waals surface area contributed by atoms with Gasteiger partial charge in [0.1, 0.15) is 84.9 Å². The Morgan fingerprint density at radius 2 is 0.884 bits per heavy atom. The first-order chi connectivity index (χ1) is 57.8. The molecule has 0 saturated carbocycles. The quantitative estimate of drug-likeness (QED) is 0.0128. The summed E-state index contributed by atoms with van der Waals surface area (Å²) in [6.45, 7) is 4.13. The van der Waals surface area contributed by atoms with Crippen LogP contribution in [0.3, 0.4) is 0 Å². The zero-order valence-corrected chi connectivity index (χ0v) is 69.2. The van der Waals surface area contributed by atoms with Crippen LogP contribution in [0.15, 0.2) is 116 Å². The molecule has 0 spiro atoms. The van der Waals surface area contributed by atoms with Gasteiger partial charge in [0.15, 0.2) is 0 Å². The number of carbonyl (C=O) groups is 16. The minimum atomic E-state index is -1.87. The molecule has 6 aromatic rings. The molecule has 0 bridgehead atoms. The Labute approximate surface area is 708 Å². The number of carbonyl (C=O) groups excluding carboxylic acids is 15. The highest BCUT2D eigenvalue weighted by molar-refractivity contribution is 7.80. The van der Waals surface area contributed by atoms with Crippen molar-refractivity contribution >= 4 is 142 Å². The smallest absolute Gasteiger partial charge is 0.305 e. The normalized spacial score (nSPS) is 14.1. The second-order valence-electron chi connectivity index (χ2n) is 28.9. The molecule has 26 N–H and O–H groups in total. The summed E-state index contributed by atoms with van der Waals surface area (Å²) in [5.74, 6) is -16.2. The minimum absolute atomic E-state index is 0.00920. The fourth-order valence-corrected chi connectivity index (χ4v) is 13.1. The third kappa shape index (κ3) is 32.1. The van der Waals surface area contributed by atoms with Crippen molar-refractivity contribution in [1.82, 2.24) is 84.4 Å². The van der Waals surface area contributed by atoms with E-state index in [1.54, 1.807) is 105 Å². The van der Waals surface area contributed by atoms with E-state index >= 15 is 9.59 Å². The summed E-state index contributed by atoms with van der Waals surface area (Å²) < 4.78 is 5.34. The summed E-state index contributed by atoms with van der Waals surface area (Å²) in [6, 6.07) is 10.3. The second kappa shape index (κ2) is 50.0. The third-order valence-corrected chi connectivity index (χ3v) is 19.9. The van der Waals surface area contributed by atoms with Crippen LogP contribution in [0.5, 0.6) is 5.75 Å². The van der Waals surface area contributed by atoms with Gasteiger partial charge in [-0.05, 0) is 105 Å². The van der Waals surface area contributed by atoms with E-state index < -0.39 is 205 Å². The summed E-state index contributed by atoms with van der Waals surface area (Å²) in [7, 11) is 0. The van der Waals surface area contributed by atoms with Gasteiger partial charge >= 0.3 is 5.97 Å². The fourth-order valence-electron chi connectivity index (χ4n) is 12.6. The Morgan fingerprint density at radius 3 is 1.41 bits per heavy atom. The van der Waals surface area contributed by atoms with Crippen LogP contribution in [0.25, 0.3) is 21.8 Å². The van der Waals surface area contributed by atoms with Crippen LogP contribution in [-0.4, -0.2) is 245 Å². The highest BCUT2D eigenvalue weighted by Gasteiger charge is 2.38. The number of phenolic OH excluding ortho intramolecular Hbond substituents is 1. The number of unbranched alkanes of at least 4 members (excludes halogenated alkanes) is 1. The first-order valence-electron chi connectivity index (χ1n) is 39.2. The number of H-pyrrole nitrogens is 2. The summed E-state index contributed by atoms with van der Waals surface area (Å²) in [4.78, 5) is 225. The third-order valence-electron chi connectivity index (χ3n) is 19.1. The second-order valence-corrected chi connectivity index (χ2v) is 29.7. The Kier molecular flexibility index (Phi) is 40.4. The average Bonchev–Trinajstić information content (AvgIpc) is 1.72. The maximum Gasteiger partial charge on any atom is 0.305 e. The Balaban J connectivity index is 1.19. The molecule has 6 rings (SSSR count). The number of rotatable bonds is 52. The summed E-state index contributed by atoms with van der Waals surface area (Å²) in [5, 5.41) is 57.1. The summed E-state index contributed by atoms with van der Waals surface area (Å²) >= 11 is 8.48. The molecule has 41 heteroatoms. The molecule has 12 atom stereocenters. The van der Waals surface area contributed by atoms with Gasteiger partial charge in [-0.3, -0.25) is 76.7 Å². The molecule has 2 heterocycles. The number of phenols is 1. The number of aliphatic carboxylic acids is 1. The predicted octanol–water partition coefficient (Wildman–Crippen LogP) is -3.97. The van der Waals surface area contributed by atoms with Crippen LogP contribution in [0.2, 0.25) is 0 Å². The van der Waals surface area contributed by atoms with Crippen molar-refractivity contribution in [3.8, 4) is 5.75 Å². The molecule has 121 heavy (non-hydrogen) atoms. The number of aromatic amines is 2. The number of aromatic hydroxyl groups is 1. The number of nitrogens with two attached hydrogens (primary N) is 4. The molecule has 2 aromatic heterocycles. The lowest BCUT2D eigenvalue weighted by Gasteiger charge is -2.29. The van der Waals surface area contributed by atoms with E-state index in [1.807, 2.05) is 0 Å². The van der Waals surface area contributed by atoms with E-state index in [-0.39, 0.29) is 76.1 Å². The molecule has 0 saturated heterocycles. The van der Waals surface area contributed by atoms with Gasteiger partial charge in [-0.15, -0.1) is 0 Å². The van der Waals surface area contributed by atoms with Gasteiger partial charge in [-0.2, -0.15) is 25.3 Å². The van der Waals surface area contributed by atoms with Gasteiger partial charge in [-0.1, -0.05) is 92.7 Å². The lowest BCUT2D eigenvalue weighted by molar-refractivity contribution is -0.141. The molecule has 39 nitrogen and oxygen atoms in total. The number of para-hydroxylation sites is 2. The van der Waals surface area contributed by atoms with E-state index in [9.17, 15) is 77.3 Å². The molecule has 656 valence electrons. The zero-order chi connectivity index (χ0) is 88.8. The molecule has 0 aliphatic rings. The Hall–Kier alpha value is -12.2.